The SMILES string of the molecule is CC(Nc1ccc(C(F)(F)F)cc1[N+](=O)[O-])C(=O)OCc1nc2ccccc2s1. The number of nitro benzene ring substituents is 1. The average Bonchev–Trinajstić information content (AvgIpc) is 3.08. The Bertz CT molecular complexity index is 1030. The van der Waals surface area contributed by atoms with E-state index >= 15 is 0 Å². The third-order valence-electron chi connectivity index (χ3n) is 3.92. The van der Waals surface area contributed by atoms with E-state index in [2.05, 4.69) is 10.3 Å². The van der Waals surface area contributed by atoms with Crippen LogP contribution < -0.4 is 5.32 Å². The summed E-state index contributed by atoms with van der Waals surface area (Å²) in [5.74, 6) is -0.724. The number of ether oxygens (including phenoxy) is 1. The number of fused-ring (bicyclic) bond motifs is 1. The number of carbonyl (C=O) groups excluding carboxylic acids is 1. The van der Waals surface area contributed by atoms with Gasteiger partial charge in [0.05, 0.1) is 20.7 Å². The Labute approximate surface area is 166 Å². The predicted octanol–water partition coefficient (Wildman–Crippen LogP) is 4.77. The normalized spacial score (nSPS) is 12.6. The van der Waals surface area contributed by atoms with Crippen molar-refractivity contribution >= 4 is 38.9 Å². The standard InChI is InChI=1S/C18H14F3N3O4S/c1-10(17(25)28-9-16-23-13-4-2-3-5-15(13)29-16)22-12-7-6-11(18(19,20)21)8-14(12)24(26)27/h2-8,10,22H,9H2,1H3. The number of nitrogens with zero attached hydrogens (tertiary/aromatic N) is 2. The van der Waals surface area contributed by atoms with Crippen LogP contribution in [0.1, 0.15) is 17.5 Å². The Morgan fingerprint density at radius 1 is 1.31 bits per heavy atom. The molecular formula is C18H14F3N3O4S. The van der Waals surface area contributed by atoms with Crippen LogP contribution in [0.5, 0.6) is 0 Å². The average molecular weight is 425 g/mol. The number of nitrogens with one attached hydrogen (secondary N) is 1. The quantitative estimate of drug-likeness (QED) is 0.347. The number of alkyl halides is 3. The molecule has 1 unspecified atom stereocenters. The number of thiazole rings is 1. The number of halogens is 3. The minimum Gasteiger partial charge on any atom is -0.457 e. The van der Waals surface area contributed by atoms with E-state index in [0.717, 1.165) is 16.3 Å². The molecule has 0 aliphatic carbocycles. The van der Waals surface area contributed by atoms with Crippen molar-refractivity contribution < 1.29 is 27.6 Å². The molecule has 0 radical (unpaired) electrons. The zero-order valence-electron chi connectivity index (χ0n) is 14.9. The fourth-order valence-corrected chi connectivity index (χ4v) is 3.39. The first-order valence-corrected chi connectivity index (χ1v) is 9.10. The summed E-state index contributed by atoms with van der Waals surface area (Å²) in [6.45, 7) is 1.31. The second kappa shape index (κ2) is 8.03. The first kappa shape index (κ1) is 20.5. The van der Waals surface area contributed by atoms with Crippen LogP contribution in [0.25, 0.3) is 10.2 Å². The molecule has 1 heterocycles. The predicted molar refractivity (Wildman–Crippen MR) is 101 cm³/mol. The molecular weight excluding hydrogens is 411 g/mol. The second-order valence-electron chi connectivity index (χ2n) is 6.04. The van der Waals surface area contributed by atoms with Gasteiger partial charge in [-0.3, -0.25) is 10.1 Å². The molecule has 0 spiro atoms. The van der Waals surface area contributed by atoms with Crippen molar-refractivity contribution in [3.05, 3.63) is 63.1 Å². The van der Waals surface area contributed by atoms with Crippen molar-refractivity contribution in [2.24, 2.45) is 0 Å². The lowest BCUT2D eigenvalue weighted by molar-refractivity contribution is -0.384. The largest absolute Gasteiger partial charge is 0.457 e. The van der Waals surface area contributed by atoms with Gasteiger partial charge in [-0.25, -0.2) is 9.78 Å². The molecule has 29 heavy (non-hydrogen) atoms. The Balaban J connectivity index is 1.68. The molecule has 0 fully saturated rings. The summed E-state index contributed by atoms with van der Waals surface area (Å²) in [6.07, 6.45) is -4.72. The van der Waals surface area contributed by atoms with Crippen LogP contribution in [0.15, 0.2) is 42.5 Å². The molecule has 3 aromatic rings. The molecule has 0 aliphatic heterocycles. The molecule has 152 valence electrons. The summed E-state index contributed by atoms with van der Waals surface area (Å²) < 4.78 is 44.4. The molecule has 3 rings (SSSR count). The van der Waals surface area contributed by atoms with Gasteiger partial charge in [-0.1, -0.05) is 12.1 Å². The van der Waals surface area contributed by atoms with Crippen molar-refractivity contribution in [2.45, 2.75) is 25.7 Å². The van der Waals surface area contributed by atoms with Crippen molar-refractivity contribution in [3.63, 3.8) is 0 Å². The number of para-hydroxylation sites is 1. The summed E-state index contributed by atoms with van der Waals surface area (Å²) in [6, 6.07) is 8.41. The van der Waals surface area contributed by atoms with Crippen LogP contribution in [-0.4, -0.2) is 21.9 Å². The number of aromatic nitrogens is 1. The van der Waals surface area contributed by atoms with Gasteiger partial charge < -0.3 is 10.1 Å². The smallest absolute Gasteiger partial charge is 0.416 e. The Hall–Kier alpha value is -3.21. The summed E-state index contributed by atoms with van der Waals surface area (Å²) in [5.41, 5.74) is -1.38. The van der Waals surface area contributed by atoms with E-state index in [1.807, 2.05) is 24.3 Å². The van der Waals surface area contributed by atoms with Crippen LogP contribution in [0.4, 0.5) is 24.5 Å². The van der Waals surface area contributed by atoms with Gasteiger partial charge in [0.25, 0.3) is 5.69 Å². The van der Waals surface area contributed by atoms with E-state index in [0.29, 0.717) is 17.1 Å². The number of carbonyl (C=O) groups is 1. The van der Waals surface area contributed by atoms with Crippen LogP contribution in [0, 0.1) is 10.1 Å². The number of esters is 1. The van der Waals surface area contributed by atoms with Gasteiger partial charge in [0.15, 0.2) is 0 Å². The molecule has 0 bridgehead atoms. The zero-order valence-corrected chi connectivity index (χ0v) is 15.7. The number of hydrogen-bond acceptors (Lipinski definition) is 7. The summed E-state index contributed by atoms with van der Waals surface area (Å²) in [5, 5.41) is 14.2. The third kappa shape index (κ3) is 4.80. The Morgan fingerprint density at radius 2 is 2.03 bits per heavy atom. The zero-order chi connectivity index (χ0) is 21.2. The van der Waals surface area contributed by atoms with E-state index in [4.69, 9.17) is 4.74 Å². The van der Waals surface area contributed by atoms with Gasteiger partial charge in [0.2, 0.25) is 0 Å². The molecule has 0 amide bonds. The van der Waals surface area contributed by atoms with E-state index in [9.17, 15) is 28.1 Å². The second-order valence-corrected chi connectivity index (χ2v) is 7.15. The molecule has 1 aromatic heterocycles. The highest BCUT2D eigenvalue weighted by Gasteiger charge is 2.33. The number of nitro groups is 1. The van der Waals surface area contributed by atoms with Gasteiger partial charge in [0.1, 0.15) is 23.3 Å². The Morgan fingerprint density at radius 3 is 2.69 bits per heavy atom. The van der Waals surface area contributed by atoms with Gasteiger partial charge in [0, 0.05) is 6.07 Å². The minimum atomic E-state index is -4.72. The summed E-state index contributed by atoms with van der Waals surface area (Å²) in [7, 11) is 0. The summed E-state index contributed by atoms with van der Waals surface area (Å²) >= 11 is 1.36. The molecule has 0 saturated heterocycles. The van der Waals surface area contributed by atoms with Gasteiger partial charge in [-0.05, 0) is 31.2 Å². The molecule has 7 nitrogen and oxygen atoms in total. The fourth-order valence-electron chi connectivity index (χ4n) is 2.51. The molecule has 0 saturated carbocycles. The third-order valence-corrected chi connectivity index (χ3v) is 4.93. The lowest BCUT2D eigenvalue weighted by Crippen LogP contribution is -2.28. The van der Waals surface area contributed by atoms with Crippen LogP contribution >= 0.6 is 11.3 Å². The molecule has 0 aliphatic rings. The van der Waals surface area contributed by atoms with Crippen LogP contribution in [-0.2, 0) is 22.3 Å². The lowest BCUT2D eigenvalue weighted by Gasteiger charge is -2.15. The molecule has 2 aromatic carbocycles. The fraction of sp³-hybridized carbons (Fsp3) is 0.222. The molecule has 1 N–H and O–H groups in total. The first-order chi connectivity index (χ1) is 13.6. The summed E-state index contributed by atoms with van der Waals surface area (Å²) in [4.78, 5) is 26.7. The topological polar surface area (TPSA) is 94.4 Å². The Kier molecular flexibility index (Phi) is 5.69. The number of hydrogen-bond donors (Lipinski definition) is 1. The van der Waals surface area contributed by atoms with Crippen molar-refractivity contribution in [1.29, 1.82) is 0 Å². The van der Waals surface area contributed by atoms with E-state index in [1.54, 1.807) is 0 Å². The van der Waals surface area contributed by atoms with Gasteiger partial charge >= 0.3 is 12.1 Å². The highest BCUT2D eigenvalue weighted by Crippen LogP contribution is 2.35. The van der Waals surface area contributed by atoms with Gasteiger partial charge in [-0.2, -0.15) is 13.2 Å². The van der Waals surface area contributed by atoms with E-state index in [1.165, 1.54) is 18.3 Å². The maximum atomic E-state index is 12.8. The maximum absolute atomic E-state index is 12.8. The maximum Gasteiger partial charge on any atom is 0.416 e. The number of benzene rings is 2. The van der Waals surface area contributed by atoms with Gasteiger partial charge in [-0.15, -0.1) is 11.3 Å². The lowest BCUT2D eigenvalue weighted by atomic mass is 10.1. The van der Waals surface area contributed by atoms with Crippen molar-refractivity contribution in [2.75, 3.05) is 5.32 Å². The van der Waals surface area contributed by atoms with E-state index < -0.39 is 34.4 Å². The van der Waals surface area contributed by atoms with Crippen LogP contribution in [0.3, 0.4) is 0 Å². The van der Waals surface area contributed by atoms with Crippen molar-refractivity contribution in [1.82, 2.24) is 4.98 Å². The number of rotatable bonds is 6. The van der Waals surface area contributed by atoms with Crippen molar-refractivity contribution in [3.8, 4) is 0 Å². The minimum absolute atomic E-state index is 0.0840. The molecule has 1 atom stereocenters. The highest BCUT2D eigenvalue weighted by molar-refractivity contribution is 7.18. The monoisotopic (exact) mass is 425 g/mol. The molecule has 11 heteroatoms. The van der Waals surface area contributed by atoms with E-state index in [-0.39, 0.29) is 12.3 Å². The number of anilines is 1. The first-order valence-electron chi connectivity index (χ1n) is 8.28. The highest BCUT2D eigenvalue weighted by atomic mass is 32.1. The van der Waals surface area contributed by atoms with Crippen LogP contribution in [0.2, 0.25) is 0 Å².